The highest BCUT2D eigenvalue weighted by Gasteiger charge is 2.43. The van der Waals surface area contributed by atoms with Crippen LogP contribution in [0.2, 0.25) is 0 Å². The maximum absolute atomic E-state index is 12.2. The first kappa shape index (κ1) is 19.0. The largest absolute Gasteiger partial charge is 0.497 e. The monoisotopic (exact) mass is 385 g/mol. The first-order chi connectivity index (χ1) is 12.9. The topological polar surface area (TPSA) is 81.7 Å². The van der Waals surface area contributed by atoms with E-state index < -0.39 is 4.75 Å². The number of carbonyl (C=O) groups excluding carboxylic acids is 3. The van der Waals surface area contributed by atoms with E-state index in [1.165, 1.54) is 0 Å². The number of benzene rings is 2. The van der Waals surface area contributed by atoms with Crippen LogP contribution in [0.15, 0.2) is 48.5 Å². The molecule has 1 N–H and O–H groups in total. The number of ether oxygens (including phenoxy) is 2. The minimum absolute atomic E-state index is 0.0733. The summed E-state index contributed by atoms with van der Waals surface area (Å²) in [5.74, 6) is 0.840. The summed E-state index contributed by atoms with van der Waals surface area (Å²) >= 11 is 1.00. The minimum atomic E-state index is -0.802. The molecule has 0 saturated carbocycles. The maximum atomic E-state index is 12.2. The number of Topliss-reactive ketones (excluding diaryl/α,β-unsaturated/α-hetero) is 1. The van der Waals surface area contributed by atoms with Crippen molar-refractivity contribution in [1.82, 2.24) is 5.32 Å². The fourth-order valence-electron chi connectivity index (χ4n) is 2.72. The number of hydrogen-bond donors (Lipinski definition) is 1. The van der Waals surface area contributed by atoms with E-state index in [9.17, 15) is 14.4 Å². The van der Waals surface area contributed by atoms with Crippen LogP contribution < -0.4 is 14.8 Å². The normalized spacial score (nSPS) is 18.9. The van der Waals surface area contributed by atoms with Gasteiger partial charge in [0.1, 0.15) is 16.2 Å². The van der Waals surface area contributed by atoms with Crippen LogP contribution in [0.1, 0.15) is 22.8 Å². The highest BCUT2D eigenvalue weighted by molar-refractivity contribution is 8.16. The Kier molecular flexibility index (Phi) is 5.51. The fourth-order valence-corrected chi connectivity index (χ4v) is 3.66. The SMILES string of the molecule is COc1ccc(C(=O)COc2ccc(C[C@@]3(C)SC(=O)NC3=O)cc2)cc1. The van der Waals surface area contributed by atoms with Crippen LogP contribution in [-0.2, 0) is 11.2 Å². The molecule has 1 atom stereocenters. The van der Waals surface area contributed by atoms with Crippen molar-refractivity contribution in [3.8, 4) is 11.5 Å². The number of nitrogens with one attached hydrogen (secondary N) is 1. The molecule has 1 aliphatic rings. The zero-order valence-electron chi connectivity index (χ0n) is 15.0. The molecule has 0 spiro atoms. The van der Waals surface area contributed by atoms with Gasteiger partial charge in [0, 0.05) is 5.56 Å². The van der Waals surface area contributed by atoms with Crippen molar-refractivity contribution < 1.29 is 23.9 Å². The molecular formula is C20H19NO5S. The van der Waals surface area contributed by atoms with Gasteiger partial charge in [0.15, 0.2) is 12.4 Å². The molecule has 0 bridgehead atoms. The molecule has 0 unspecified atom stereocenters. The molecule has 6 nitrogen and oxygen atoms in total. The van der Waals surface area contributed by atoms with Crippen LogP contribution in [0, 0.1) is 0 Å². The molecule has 0 radical (unpaired) electrons. The van der Waals surface area contributed by atoms with E-state index in [-0.39, 0.29) is 23.5 Å². The fraction of sp³-hybridized carbons (Fsp3) is 0.250. The Morgan fingerprint density at radius 2 is 1.67 bits per heavy atom. The number of ketones is 1. The smallest absolute Gasteiger partial charge is 0.286 e. The molecule has 0 aromatic heterocycles. The number of rotatable bonds is 7. The molecule has 3 rings (SSSR count). The average molecular weight is 385 g/mol. The standard InChI is InChI=1S/C20H19NO5S/c1-20(18(23)21-19(24)27-20)11-13-3-7-16(8-4-13)26-12-17(22)14-5-9-15(25-2)10-6-14/h3-10H,11-12H2,1-2H3,(H,21,23,24)/t20-/m1/s1. The summed E-state index contributed by atoms with van der Waals surface area (Å²) in [6.07, 6.45) is 0.431. The van der Waals surface area contributed by atoms with Crippen LogP contribution in [0.5, 0.6) is 11.5 Å². The molecule has 2 aromatic rings. The lowest BCUT2D eigenvalue weighted by atomic mass is 9.99. The Balaban J connectivity index is 1.56. The molecule has 27 heavy (non-hydrogen) atoms. The summed E-state index contributed by atoms with van der Waals surface area (Å²) in [4.78, 5) is 35.5. The molecule has 7 heteroatoms. The van der Waals surface area contributed by atoms with Crippen molar-refractivity contribution in [2.75, 3.05) is 13.7 Å². The molecular weight excluding hydrogens is 366 g/mol. The highest BCUT2D eigenvalue weighted by Crippen LogP contribution is 2.34. The van der Waals surface area contributed by atoms with Gasteiger partial charge in [-0.1, -0.05) is 12.1 Å². The van der Waals surface area contributed by atoms with Gasteiger partial charge in [0.05, 0.1) is 7.11 Å². The zero-order valence-corrected chi connectivity index (χ0v) is 15.8. The van der Waals surface area contributed by atoms with Gasteiger partial charge in [-0.15, -0.1) is 0 Å². The number of methoxy groups -OCH3 is 1. The first-order valence-corrected chi connectivity index (χ1v) is 9.15. The second-order valence-electron chi connectivity index (χ2n) is 6.34. The van der Waals surface area contributed by atoms with Gasteiger partial charge in [-0.25, -0.2) is 0 Å². The van der Waals surface area contributed by atoms with Crippen LogP contribution in [-0.4, -0.2) is 35.4 Å². The van der Waals surface area contributed by atoms with Crippen molar-refractivity contribution in [3.05, 3.63) is 59.7 Å². The second kappa shape index (κ2) is 7.84. The van der Waals surface area contributed by atoms with E-state index in [1.807, 2.05) is 12.1 Å². The Morgan fingerprint density at radius 1 is 1.04 bits per heavy atom. The van der Waals surface area contributed by atoms with Gasteiger partial charge in [0.2, 0.25) is 5.91 Å². The minimum Gasteiger partial charge on any atom is -0.497 e. The molecule has 2 aromatic carbocycles. The maximum Gasteiger partial charge on any atom is 0.286 e. The Hall–Kier alpha value is -2.80. The number of amides is 2. The third-order valence-electron chi connectivity index (χ3n) is 4.26. The van der Waals surface area contributed by atoms with E-state index >= 15 is 0 Å². The Morgan fingerprint density at radius 3 is 2.22 bits per heavy atom. The number of hydrogen-bond acceptors (Lipinski definition) is 6. The second-order valence-corrected chi connectivity index (χ2v) is 7.81. The van der Waals surface area contributed by atoms with Crippen LogP contribution in [0.3, 0.4) is 0 Å². The first-order valence-electron chi connectivity index (χ1n) is 8.33. The van der Waals surface area contributed by atoms with Gasteiger partial charge in [-0.3, -0.25) is 19.7 Å². The average Bonchev–Trinajstić information content (AvgIpc) is 2.92. The van der Waals surface area contributed by atoms with Crippen molar-refractivity contribution >= 4 is 28.7 Å². The van der Waals surface area contributed by atoms with E-state index in [0.717, 1.165) is 17.3 Å². The molecule has 1 aliphatic heterocycles. The quantitative estimate of drug-likeness (QED) is 0.737. The van der Waals surface area contributed by atoms with Crippen LogP contribution in [0.4, 0.5) is 4.79 Å². The molecule has 1 saturated heterocycles. The van der Waals surface area contributed by atoms with Gasteiger partial charge < -0.3 is 9.47 Å². The van der Waals surface area contributed by atoms with Crippen molar-refractivity contribution in [1.29, 1.82) is 0 Å². The number of imide groups is 1. The summed E-state index contributed by atoms with van der Waals surface area (Å²) in [7, 11) is 1.57. The molecule has 140 valence electrons. The van der Waals surface area contributed by atoms with Crippen LogP contribution in [0.25, 0.3) is 0 Å². The van der Waals surface area contributed by atoms with Crippen molar-refractivity contribution in [3.63, 3.8) is 0 Å². The predicted octanol–water partition coefficient (Wildman–Crippen LogP) is 3.24. The summed E-state index contributed by atoms with van der Waals surface area (Å²) in [5, 5.41) is 1.99. The van der Waals surface area contributed by atoms with E-state index in [2.05, 4.69) is 5.32 Å². The molecule has 2 amide bonds. The summed E-state index contributed by atoms with van der Waals surface area (Å²) in [6.45, 7) is 1.67. The van der Waals surface area contributed by atoms with Crippen molar-refractivity contribution in [2.24, 2.45) is 0 Å². The summed E-state index contributed by atoms with van der Waals surface area (Å²) in [5.41, 5.74) is 1.46. The van der Waals surface area contributed by atoms with Gasteiger partial charge in [-0.2, -0.15) is 0 Å². The summed E-state index contributed by atoms with van der Waals surface area (Å²) in [6, 6.07) is 14.0. The van der Waals surface area contributed by atoms with Gasteiger partial charge in [0.25, 0.3) is 5.24 Å². The van der Waals surface area contributed by atoms with E-state index in [0.29, 0.717) is 23.5 Å². The molecule has 0 aliphatic carbocycles. The third-order valence-corrected chi connectivity index (χ3v) is 5.33. The lowest BCUT2D eigenvalue weighted by molar-refractivity contribution is -0.121. The lowest BCUT2D eigenvalue weighted by Gasteiger charge is -2.18. The third kappa shape index (κ3) is 4.49. The number of thioether (sulfide) groups is 1. The van der Waals surface area contributed by atoms with Gasteiger partial charge in [-0.05, 0) is 67.1 Å². The van der Waals surface area contributed by atoms with E-state index in [1.54, 1.807) is 50.4 Å². The number of carbonyl (C=O) groups is 3. The lowest BCUT2D eigenvalue weighted by Crippen LogP contribution is -2.35. The van der Waals surface area contributed by atoms with E-state index in [4.69, 9.17) is 9.47 Å². The highest BCUT2D eigenvalue weighted by atomic mass is 32.2. The molecule has 1 heterocycles. The predicted molar refractivity (Wildman–Crippen MR) is 103 cm³/mol. The summed E-state index contributed by atoms with van der Waals surface area (Å²) < 4.78 is 9.81. The molecule has 1 fully saturated rings. The Labute approximate surface area is 161 Å². The van der Waals surface area contributed by atoms with Gasteiger partial charge >= 0.3 is 0 Å². The van der Waals surface area contributed by atoms with Crippen molar-refractivity contribution in [2.45, 2.75) is 18.1 Å². The Bertz CT molecular complexity index is 863. The van der Waals surface area contributed by atoms with Crippen LogP contribution >= 0.6 is 11.8 Å². The zero-order chi connectivity index (χ0) is 19.4.